The minimum atomic E-state index is -4.62. The van der Waals surface area contributed by atoms with Gasteiger partial charge in [-0.1, -0.05) is 64.0 Å². The highest BCUT2D eigenvalue weighted by atomic mass is 19.4. The second-order valence-electron chi connectivity index (χ2n) is 9.43. The van der Waals surface area contributed by atoms with Gasteiger partial charge in [0.15, 0.2) is 0 Å². The number of halogens is 3. The average Bonchev–Trinajstić information content (AvgIpc) is 2.71. The summed E-state index contributed by atoms with van der Waals surface area (Å²) in [4.78, 5) is 0. The Labute approximate surface area is 174 Å². The molecule has 1 aromatic carbocycles. The van der Waals surface area contributed by atoms with Gasteiger partial charge >= 0.3 is 6.36 Å². The molecule has 0 bridgehead atoms. The van der Waals surface area contributed by atoms with Gasteiger partial charge in [0.05, 0.1) is 0 Å². The van der Waals surface area contributed by atoms with Crippen LogP contribution in [0.1, 0.15) is 89.5 Å². The van der Waals surface area contributed by atoms with Gasteiger partial charge in [0, 0.05) is 0 Å². The summed E-state index contributed by atoms with van der Waals surface area (Å²) >= 11 is 0. The molecular weight excluding hydrogens is 373 g/mol. The number of alkyl halides is 3. The molecule has 2 aliphatic rings. The predicted molar refractivity (Wildman–Crippen MR) is 112 cm³/mol. The van der Waals surface area contributed by atoms with E-state index in [2.05, 4.69) is 11.7 Å². The molecule has 2 fully saturated rings. The fourth-order valence-electron chi connectivity index (χ4n) is 5.62. The maximum Gasteiger partial charge on any atom is 0.573 e. The molecule has 0 N–H and O–H groups in total. The third kappa shape index (κ3) is 7.53. The van der Waals surface area contributed by atoms with Crippen molar-refractivity contribution in [2.45, 2.75) is 96.8 Å². The van der Waals surface area contributed by atoms with Crippen molar-refractivity contribution in [3.63, 3.8) is 0 Å². The van der Waals surface area contributed by atoms with E-state index >= 15 is 0 Å². The summed E-state index contributed by atoms with van der Waals surface area (Å²) in [6.07, 6.45) is 12.9. The highest BCUT2D eigenvalue weighted by Gasteiger charge is 2.31. The number of rotatable bonds is 8. The van der Waals surface area contributed by atoms with E-state index in [1.165, 1.54) is 82.8 Å². The number of benzene rings is 1. The molecule has 0 unspecified atom stereocenters. The number of aryl methyl sites for hydroxylation is 1. The van der Waals surface area contributed by atoms with Crippen LogP contribution >= 0.6 is 0 Å². The zero-order valence-electron chi connectivity index (χ0n) is 17.9. The maximum absolute atomic E-state index is 12.2. The molecule has 1 aromatic rings. The Kier molecular flexibility index (Phi) is 8.32. The van der Waals surface area contributed by atoms with Crippen molar-refractivity contribution in [2.24, 2.45) is 23.7 Å². The lowest BCUT2D eigenvalue weighted by atomic mass is 9.68. The number of ether oxygens (including phenoxy) is 1. The van der Waals surface area contributed by atoms with Crippen molar-refractivity contribution >= 4 is 0 Å². The van der Waals surface area contributed by atoms with Crippen molar-refractivity contribution in [3.8, 4) is 5.75 Å². The van der Waals surface area contributed by atoms with Gasteiger partial charge in [-0.05, 0) is 79.9 Å². The molecule has 4 heteroatoms. The van der Waals surface area contributed by atoms with Crippen molar-refractivity contribution in [2.75, 3.05) is 0 Å². The highest BCUT2D eigenvalue weighted by molar-refractivity contribution is 5.27. The first kappa shape index (κ1) is 22.5. The molecule has 0 heterocycles. The summed E-state index contributed by atoms with van der Waals surface area (Å²) in [6.45, 7) is 2.29. The summed E-state index contributed by atoms with van der Waals surface area (Å²) in [6, 6.07) is 6.39. The maximum atomic E-state index is 12.2. The molecule has 1 nitrogen and oxygen atoms in total. The van der Waals surface area contributed by atoms with Crippen LogP contribution in [0.25, 0.3) is 0 Å². The fourth-order valence-corrected chi connectivity index (χ4v) is 5.62. The molecule has 2 saturated carbocycles. The van der Waals surface area contributed by atoms with Crippen LogP contribution in [0.4, 0.5) is 13.2 Å². The highest BCUT2D eigenvalue weighted by Crippen LogP contribution is 2.43. The van der Waals surface area contributed by atoms with Crippen LogP contribution in [0.3, 0.4) is 0 Å². The number of hydrogen-bond donors (Lipinski definition) is 0. The molecule has 0 radical (unpaired) electrons. The minimum Gasteiger partial charge on any atom is -0.406 e. The Hall–Kier alpha value is -1.19. The van der Waals surface area contributed by atoms with Crippen LogP contribution in [0.15, 0.2) is 24.3 Å². The smallest absolute Gasteiger partial charge is 0.406 e. The van der Waals surface area contributed by atoms with E-state index < -0.39 is 6.36 Å². The topological polar surface area (TPSA) is 9.23 Å². The van der Waals surface area contributed by atoms with Crippen LogP contribution in [-0.2, 0) is 6.42 Å². The van der Waals surface area contributed by atoms with Crippen molar-refractivity contribution in [1.82, 2.24) is 0 Å². The lowest BCUT2D eigenvalue weighted by Crippen LogP contribution is -2.26. The SMILES string of the molecule is CCCC[C@H]1CC[C@H]([C@H]2CC[C@H](CCc3ccc(OC(F)(F)F)cc3)CC2)CC1. The lowest BCUT2D eigenvalue weighted by molar-refractivity contribution is -0.274. The third-order valence-corrected chi connectivity index (χ3v) is 7.41. The van der Waals surface area contributed by atoms with E-state index in [4.69, 9.17) is 0 Å². The van der Waals surface area contributed by atoms with Gasteiger partial charge in [-0.3, -0.25) is 0 Å². The first-order valence-corrected chi connectivity index (χ1v) is 11.8. The van der Waals surface area contributed by atoms with Crippen LogP contribution in [0.2, 0.25) is 0 Å². The minimum absolute atomic E-state index is 0.133. The number of unbranched alkanes of at least 4 members (excludes halogenated alkanes) is 1. The molecule has 3 rings (SSSR count). The zero-order valence-corrected chi connectivity index (χ0v) is 17.9. The summed E-state index contributed by atoms with van der Waals surface area (Å²) < 4.78 is 40.7. The Bertz CT molecular complexity index is 579. The molecule has 2 aliphatic carbocycles. The van der Waals surface area contributed by atoms with E-state index in [-0.39, 0.29) is 5.75 Å². The second kappa shape index (κ2) is 10.7. The fraction of sp³-hybridized carbons (Fsp3) is 0.760. The molecule has 0 aliphatic heterocycles. The van der Waals surface area contributed by atoms with Crippen molar-refractivity contribution in [3.05, 3.63) is 29.8 Å². The van der Waals surface area contributed by atoms with Gasteiger partial charge in [0.25, 0.3) is 0 Å². The van der Waals surface area contributed by atoms with E-state index in [1.54, 1.807) is 12.1 Å². The normalized spacial score (nSPS) is 28.3. The molecule has 0 aromatic heterocycles. The van der Waals surface area contributed by atoms with Crippen molar-refractivity contribution < 1.29 is 17.9 Å². The van der Waals surface area contributed by atoms with E-state index in [1.807, 2.05) is 0 Å². The van der Waals surface area contributed by atoms with Gasteiger partial charge in [-0.15, -0.1) is 13.2 Å². The Balaban J connectivity index is 1.34. The molecular formula is C25H37F3O. The Morgan fingerprint density at radius 3 is 1.79 bits per heavy atom. The van der Waals surface area contributed by atoms with Crippen LogP contribution < -0.4 is 4.74 Å². The van der Waals surface area contributed by atoms with Gasteiger partial charge in [-0.25, -0.2) is 0 Å². The summed E-state index contributed by atoms with van der Waals surface area (Å²) in [5.74, 6) is 3.55. The van der Waals surface area contributed by atoms with E-state index in [0.717, 1.165) is 42.1 Å². The van der Waals surface area contributed by atoms with Gasteiger partial charge in [0.2, 0.25) is 0 Å². The monoisotopic (exact) mass is 410 g/mol. The summed E-state index contributed by atoms with van der Waals surface area (Å²) in [7, 11) is 0. The number of hydrogen-bond acceptors (Lipinski definition) is 1. The van der Waals surface area contributed by atoms with Crippen LogP contribution in [0.5, 0.6) is 5.75 Å². The standard InChI is InChI=1S/C25H37F3O/c1-2-3-4-19-7-13-22(14-8-19)23-15-9-20(10-16-23)5-6-21-11-17-24(18-12-21)29-25(26,27)28/h11-12,17-20,22-23H,2-10,13-16H2,1H3/t19-,20-,22-,23-. The second-order valence-corrected chi connectivity index (χ2v) is 9.43. The van der Waals surface area contributed by atoms with Gasteiger partial charge in [-0.2, -0.15) is 0 Å². The first-order chi connectivity index (χ1) is 13.9. The molecule has 0 atom stereocenters. The van der Waals surface area contributed by atoms with E-state index in [9.17, 15) is 13.2 Å². The molecule has 0 amide bonds. The van der Waals surface area contributed by atoms with Crippen LogP contribution in [0, 0.1) is 23.7 Å². The first-order valence-electron chi connectivity index (χ1n) is 11.8. The Morgan fingerprint density at radius 2 is 1.31 bits per heavy atom. The average molecular weight is 411 g/mol. The summed E-state index contributed by atoms with van der Waals surface area (Å²) in [5, 5.41) is 0. The quantitative estimate of drug-likeness (QED) is 0.418. The largest absolute Gasteiger partial charge is 0.573 e. The van der Waals surface area contributed by atoms with E-state index in [0.29, 0.717) is 0 Å². The molecule has 164 valence electrons. The third-order valence-electron chi connectivity index (χ3n) is 7.41. The molecule has 0 spiro atoms. The van der Waals surface area contributed by atoms with Crippen LogP contribution in [-0.4, -0.2) is 6.36 Å². The lowest BCUT2D eigenvalue weighted by Gasteiger charge is -2.38. The van der Waals surface area contributed by atoms with Gasteiger partial charge in [0.1, 0.15) is 5.75 Å². The summed E-state index contributed by atoms with van der Waals surface area (Å²) in [5.41, 5.74) is 1.10. The molecule has 29 heavy (non-hydrogen) atoms. The van der Waals surface area contributed by atoms with Gasteiger partial charge < -0.3 is 4.74 Å². The predicted octanol–water partition coefficient (Wildman–Crippen LogP) is 8.32. The Morgan fingerprint density at radius 1 is 0.793 bits per heavy atom. The molecule has 0 saturated heterocycles. The van der Waals surface area contributed by atoms with Crippen molar-refractivity contribution in [1.29, 1.82) is 0 Å². The zero-order chi connectivity index (χ0) is 20.7.